The summed E-state index contributed by atoms with van der Waals surface area (Å²) in [5.74, 6) is 0.576. The van der Waals surface area contributed by atoms with Gasteiger partial charge < -0.3 is 10.1 Å². The molecule has 0 saturated carbocycles. The van der Waals surface area contributed by atoms with E-state index in [1.54, 1.807) is 12.1 Å². The van der Waals surface area contributed by atoms with Crippen LogP contribution in [0.5, 0.6) is 5.75 Å². The Hall–Kier alpha value is -1.32. The summed E-state index contributed by atoms with van der Waals surface area (Å²) in [5, 5.41) is 4.61. The van der Waals surface area contributed by atoms with Crippen molar-refractivity contribution < 1.29 is 9.13 Å². The molecule has 0 aliphatic heterocycles. The lowest BCUT2D eigenvalue weighted by molar-refractivity contribution is 0.182. The van der Waals surface area contributed by atoms with Gasteiger partial charge in [0.2, 0.25) is 0 Å². The van der Waals surface area contributed by atoms with Gasteiger partial charge in [-0.05, 0) is 38.6 Å². The van der Waals surface area contributed by atoms with Crippen LogP contribution in [-0.2, 0) is 0 Å². The van der Waals surface area contributed by atoms with Crippen LogP contribution in [0.2, 0.25) is 0 Å². The topological polar surface area (TPSA) is 21.3 Å². The molecule has 2 nitrogen and oxygen atoms in total. The number of rotatable bonds is 7. The first-order valence-corrected chi connectivity index (χ1v) is 7.24. The molecule has 116 valence electrons. The van der Waals surface area contributed by atoms with E-state index >= 15 is 0 Å². The first-order chi connectivity index (χ1) is 9.76. The number of fused-ring (bicyclic) bond motifs is 1. The van der Waals surface area contributed by atoms with Gasteiger partial charge in [0.15, 0.2) is 0 Å². The highest BCUT2D eigenvalue weighted by molar-refractivity contribution is 5.88. The van der Waals surface area contributed by atoms with E-state index < -0.39 is 0 Å². The molecule has 0 spiro atoms. The second kappa shape index (κ2) is 8.85. The predicted octanol–water partition coefficient (Wildman–Crippen LogP) is 4.56. The van der Waals surface area contributed by atoms with E-state index in [0.717, 1.165) is 36.9 Å². The van der Waals surface area contributed by atoms with Gasteiger partial charge in [0, 0.05) is 10.8 Å². The predicted molar refractivity (Wildman–Crippen MR) is 89.0 cm³/mol. The molecule has 0 aliphatic carbocycles. The third kappa shape index (κ3) is 4.58. The van der Waals surface area contributed by atoms with Crippen LogP contribution >= 0.6 is 12.4 Å². The van der Waals surface area contributed by atoms with Gasteiger partial charge in [0.1, 0.15) is 11.6 Å². The zero-order valence-electron chi connectivity index (χ0n) is 12.6. The quantitative estimate of drug-likeness (QED) is 0.809. The van der Waals surface area contributed by atoms with Crippen molar-refractivity contribution in [2.24, 2.45) is 0 Å². The molecule has 0 bridgehead atoms. The van der Waals surface area contributed by atoms with Gasteiger partial charge in [-0.1, -0.05) is 37.6 Å². The third-order valence-corrected chi connectivity index (χ3v) is 3.45. The molecule has 2 rings (SSSR count). The summed E-state index contributed by atoms with van der Waals surface area (Å²) in [6.07, 6.45) is 3.21. The van der Waals surface area contributed by atoms with Crippen LogP contribution in [-0.4, -0.2) is 19.7 Å². The minimum absolute atomic E-state index is 0. The lowest BCUT2D eigenvalue weighted by Gasteiger charge is -2.20. The fourth-order valence-electron chi connectivity index (χ4n) is 2.41. The number of nitrogens with one attached hydrogen (secondary N) is 1. The number of halogens is 2. The van der Waals surface area contributed by atoms with E-state index in [9.17, 15) is 4.39 Å². The van der Waals surface area contributed by atoms with Crippen LogP contribution < -0.4 is 10.1 Å². The Balaban J connectivity index is 0.00000220. The monoisotopic (exact) mass is 311 g/mol. The molecular formula is C17H23ClFNO. The summed E-state index contributed by atoms with van der Waals surface area (Å²) in [5.41, 5.74) is 0. The Morgan fingerprint density at radius 2 is 1.81 bits per heavy atom. The van der Waals surface area contributed by atoms with Crippen molar-refractivity contribution in [2.75, 3.05) is 13.6 Å². The third-order valence-electron chi connectivity index (χ3n) is 3.45. The van der Waals surface area contributed by atoms with Crippen molar-refractivity contribution in [1.82, 2.24) is 5.32 Å². The maximum atomic E-state index is 13.8. The second-order valence-electron chi connectivity index (χ2n) is 5.01. The molecule has 1 N–H and O–H groups in total. The minimum Gasteiger partial charge on any atom is -0.490 e. The maximum absolute atomic E-state index is 13.8. The molecule has 4 heteroatoms. The molecule has 0 unspecified atom stereocenters. The van der Waals surface area contributed by atoms with Crippen molar-refractivity contribution in [3.8, 4) is 5.75 Å². The summed E-state index contributed by atoms with van der Waals surface area (Å²) in [7, 11) is 1.94. The molecule has 0 aliphatic rings. The zero-order chi connectivity index (χ0) is 14.4. The Morgan fingerprint density at radius 3 is 2.48 bits per heavy atom. The van der Waals surface area contributed by atoms with Crippen LogP contribution in [0.25, 0.3) is 10.8 Å². The molecule has 0 saturated heterocycles. The molecule has 1 atom stereocenters. The molecule has 2 aromatic carbocycles. The smallest absolute Gasteiger partial charge is 0.131 e. The molecule has 2 aromatic rings. The van der Waals surface area contributed by atoms with Gasteiger partial charge in [-0.15, -0.1) is 12.4 Å². The number of hydrogen-bond acceptors (Lipinski definition) is 2. The van der Waals surface area contributed by atoms with Gasteiger partial charge in [0.05, 0.1) is 6.10 Å². The summed E-state index contributed by atoms with van der Waals surface area (Å²) >= 11 is 0. The average molecular weight is 312 g/mol. The highest BCUT2D eigenvalue weighted by Crippen LogP contribution is 2.29. The van der Waals surface area contributed by atoms with Gasteiger partial charge in [0.25, 0.3) is 0 Å². The normalized spacial score (nSPS) is 12.0. The van der Waals surface area contributed by atoms with Gasteiger partial charge in [-0.2, -0.15) is 0 Å². The summed E-state index contributed by atoms with van der Waals surface area (Å²) in [4.78, 5) is 0. The lowest BCUT2D eigenvalue weighted by atomic mass is 10.1. The Labute approximate surface area is 132 Å². The molecule has 0 heterocycles. The van der Waals surface area contributed by atoms with Gasteiger partial charge in [-0.25, -0.2) is 4.39 Å². The van der Waals surface area contributed by atoms with Crippen LogP contribution in [0.4, 0.5) is 4.39 Å². The van der Waals surface area contributed by atoms with E-state index in [1.165, 1.54) is 6.07 Å². The molecule has 0 amide bonds. The number of hydrogen-bond donors (Lipinski definition) is 1. The lowest BCUT2D eigenvalue weighted by Crippen LogP contribution is -2.22. The van der Waals surface area contributed by atoms with Crippen molar-refractivity contribution >= 4 is 23.2 Å². The number of ether oxygens (including phenoxy) is 1. The largest absolute Gasteiger partial charge is 0.490 e. The van der Waals surface area contributed by atoms with Crippen LogP contribution in [0, 0.1) is 5.82 Å². The standard InChI is InChI=1S/C17H22FNO.ClH/c1-3-6-13(11-12-19-2)20-17-10-9-16(18)14-7-4-5-8-15(14)17;/h4-5,7-10,13,19H,3,6,11-12H2,1-2H3;1H/t13-;/m0./s1. The number of benzene rings is 2. The first-order valence-electron chi connectivity index (χ1n) is 7.24. The highest BCUT2D eigenvalue weighted by atomic mass is 35.5. The molecule has 0 aromatic heterocycles. The van der Waals surface area contributed by atoms with E-state index in [-0.39, 0.29) is 24.3 Å². The fourth-order valence-corrected chi connectivity index (χ4v) is 2.41. The summed E-state index contributed by atoms with van der Waals surface area (Å²) < 4.78 is 19.9. The SMILES string of the molecule is CCC[C@@H](CCNC)Oc1ccc(F)c2ccccc12.Cl. The zero-order valence-corrected chi connectivity index (χ0v) is 13.4. The minimum atomic E-state index is -0.199. The average Bonchev–Trinajstić information content (AvgIpc) is 2.48. The van der Waals surface area contributed by atoms with E-state index in [2.05, 4.69) is 12.2 Å². The molecule has 21 heavy (non-hydrogen) atoms. The van der Waals surface area contributed by atoms with Gasteiger partial charge >= 0.3 is 0 Å². The van der Waals surface area contributed by atoms with E-state index in [4.69, 9.17) is 4.74 Å². The fraction of sp³-hybridized carbons (Fsp3) is 0.412. The van der Waals surface area contributed by atoms with E-state index in [1.807, 2.05) is 25.2 Å². The Morgan fingerprint density at radius 1 is 1.10 bits per heavy atom. The first kappa shape index (κ1) is 17.7. The van der Waals surface area contributed by atoms with Crippen LogP contribution in [0.3, 0.4) is 0 Å². The van der Waals surface area contributed by atoms with Crippen molar-refractivity contribution in [2.45, 2.75) is 32.3 Å². The highest BCUT2D eigenvalue weighted by Gasteiger charge is 2.12. The van der Waals surface area contributed by atoms with Crippen LogP contribution in [0.15, 0.2) is 36.4 Å². The summed E-state index contributed by atoms with van der Waals surface area (Å²) in [6.45, 7) is 3.07. The van der Waals surface area contributed by atoms with Crippen molar-refractivity contribution in [1.29, 1.82) is 0 Å². The summed E-state index contributed by atoms with van der Waals surface area (Å²) in [6, 6.07) is 10.7. The molecular weight excluding hydrogens is 289 g/mol. The maximum Gasteiger partial charge on any atom is 0.131 e. The molecule has 0 radical (unpaired) electrons. The van der Waals surface area contributed by atoms with E-state index in [0.29, 0.717) is 5.39 Å². The molecule has 0 fully saturated rings. The Bertz CT molecular complexity index is 561. The van der Waals surface area contributed by atoms with Gasteiger partial charge in [-0.3, -0.25) is 0 Å². The van der Waals surface area contributed by atoms with Crippen molar-refractivity contribution in [3.63, 3.8) is 0 Å². The van der Waals surface area contributed by atoms with Crippen LogP contribution in [0.1, 0.15) is 26.2 Å². The van der Waals surface area contributed by atoms with Crippen molar-refractivity contribution in [3.05, 3.63) is 42.2 Å². The second-order valence-corrected chi connectivity index (χ2v) is 5.01. The Kier molecular flexibility index (Phi) is 7.48.